The third kappa shape index (κ3) is 2.49. The standard InChI is InChI=1S/C5H11IN2O/c1-5(2,6-3)8(9)7-4/h4H2,1-3H3/q-2. The van der Waals surface area contributed by atoms with Crippen LogP contribution in [0.15, 0.2) is 5.10 Å². The Hall–Kier alpha value is 0.160. The monoisotopic (exact) mass is 242 g/mol. The third-order valence-corrected chi connectivity index (χ3v) is 4.10. The normalized spacial score (nSPS) is 11.6. The van der Waals surface area contributed by atoms with E-state index < -0.39 is 0 Å². The van der Waals surface area contributed by atoms with E-state index >= 15 is 0 Å². The van der Waals surface area contributed by atoms with Gasteiger partial charge in [-0.1, -0.05) is 0 Å². The van der Waals surface area contributed by atoms with E-state index in [9.17, 15) is 5.21 Å². The van der Waals surface area contributed by atoms with Gasteiger partial charge in [0.15, 0.2) is 0 Å². The van der Waals surface area contributed by atoms with E-state index in [1.54, 1.807) is 0 Å². The summed E-state index contributed by atoms with van der Waals surface area (Å²) in [5.41, 5.74) is 0. The number of hydroxylamine groups is 1. The Kier molecular flexibility index (Phi) is 3.42. The van der Waals surface area contributed by atoms with E-state index in [-0.39, 0.29) is 24.8 Å². The van der Waals surface area contributed by atoms with Crippen molar-refractivity contribution in [2.45, 2.75) is 17.4 Å². The predicted molar refractivity (Wildman–Crippen MR) is 34.8 cm³/mol. The molecule has 0 N–H and O–H groups in total. The van der Waals surface area contributed by atoms with Gasteiger partial charge < -0.3 is 0 Å². The van der Waals surface area contributed by atoms with Crippen LogP contribution < -0.4 is 21.2 Å². The zero-order valence-electron chi connectivity index (χ0n) is 5.89. The third-order valence-electron chi connectivity index (χ3n) is 1.05. The summed E-state index contributed by atoms with van der Waals surface area (Å²) in [4.78, 5) is 2.05. The maximum absolute atomic E-state index is 10.8. The molecule has 0 aromatic rings. The molecular weight excluding hydrogens is 231 g/mol. The van der Waals surface area contributed by atoms with Gasteiger partial charge in [-0.15, -0.1) is 0 Å². The van der Waals surface area contributed by atoms with Crippen LogP contribution in [0.1, 0.15) is 13.8 Å². The molecule has 0 saturated carbocycles. The Balaban J connectivity index is 3.95. The Labute approximate surface area is 66.0 Å². The molecule has 0 amide bonds. The number of hydrogen-bond acceptors (Lipinski definition) is 3. The first kappa shape index (κ1) is 9.16. The number of alkyl halides is 2. The first-order chi connectivity index (χ1) is 4.04. The Morgan fingerprint density at radius 2 is 2.11 bits per heavy atom. The second-order valence-corrected chi connectivity index (χ2v) is 5.73. The summed E-state index contributed by atoms with van der Waals surface area (Å²) in [6.07, 6.45) is 0. The summed E-state index contributed by atoms with van der Waals surface area (Å²) in [6.45, 7) is 6.91. The number of nitrogens with zero attached hydrogens (tertiary/aromatic N) is 2. The van der Waals surface area contributed by atoms with Gasteiger partial charge >= 0.3 is 65.7 Å². The molecule has 0 aromatic heterocycles. The van der Waals surface area contributed by atoms with E-state index in [0.29, 0.717) is 5.17 Å². The van der Waals surface area contributed by atoms with E-state index in [1.165, 1.54) is 0 Å². The molecule has 0 aliphatic heterocycles. The van der Waals surface area contributed by atoms with Gasteiger partial charge in [0, 0.05) is 0 Å². The zero-order valence-corrected chi connectivity index (χ0v) is 8.05. The van der Waals surface area contributed by atoms with Crippen LogP contribution in [-0.4, -0.2) is 20.4 Å². The van der Waals surface area contributed by atoms with Crippen molar-refractivity contribution in [1.29, 1.82) is 0 Å². The van der Waals surface area contributed by atoms with Gasteiger partial charge in [-0.3, -0.25) is 0 Å². The summed E-state index contributed by atoms with van der Waals surface area (Å²) in [5, 5.41) is 14.7. The van der Waals surface area contributed by atoms with Crippen LogP contribution in [0.2, 0.25) is 0 Å². The average Bonchev–Trinajstić information content (AvgIpc) is 1.86. The maximum atomic E-state index is 10.8. The summed E-state index contributed by atoms with van der Waals surface area (Å²) in [7, 11) is 0. The minimum atomic E-state index is -0.291. The fraction of sp³-hybridized carbons (Fsp3) is 0.800. The van der Waals surface area contributed by atoms with Crippen LogP contribution in [0.3, 0.4) is 0 Å². The fourth-order valence-corrected chi connectivity index (χ4v) is 0.806. The molecule has 0 aromatic carbocycles. The molecule has 0 fully saturated rings. The molecule has 0 saturated heterocycles. The van der Waals surface area contributed by atoms with Crippen molar-refractivity contribution in [2.75, 3.05) is 4.93 Å². The van der Waals surface area contributed by atoms with Crippen LogP contribution in [0, 0.1) is 5.21 Å². The number of hydrazone groups is 1. The number of halogens is 1. The molecule has 0 bridgehead atoms. The molecular formula is C5H11IN2O-2. The van der Waals surface area contributed by atoms with Gasteiger partial charge in [-0.05, 0) is 0 Å². The van der Waals surface area contributed by atoms with Gasteiger partial charge in [0.05, 0.1) is 0 Å². The van der Waals surface area contributed by atoms with Crippen molar-refractivity contribution in [1.82, 2.24) is 5.17 Å². The van der Waals surface area contributed by atoms with Crippen LogP contribution >= 0.6 is 0 Å². The van der Waals surface area contributed by atoms with Crippen molar-refractivity contribution in [3.05, 3.63) is 5.21 Å². The molecule has 3 nitrogen and oxygen atoms in total. The van der Waals surface area contributed by atoms with Crippen molar-refractivity contribution in [3.63, 3.8) is 0 Å². The second kappa shape index (κ2) is 3.36. The minimum absolute atomic E-state index is 0.106. The Morgan fingerprint density at radius 3 is 2.22 bits per heavy atom. The molecule has 0 radical (unpaired) electrons. The molecule has 4 heteroatoms. The van der Waals surface area contributed by atoms with Gasteiger partial charge in [-0.25, -0.2) is 0 Å². The van der Waals surface area contributed by atoms with Gasteiger partial charge in [0.25, 0.3) is 0 Å². The van der Waals surface area contributed by atoms with E-state index in [1.807, 2.05) is 13.8 Å². The van der Waals surface area contributed by atoms with Gasteiger partial charge in [-0.2, -0.15) is 0 Å². The van der Waals surface area contributed by atoms with Crippen molar-refractivity contribution >= 4 is 6.72 Å². The SMILES string of the molecule is C=NN([O-])C(C)(C)[I-]C. The van der Waals surface area contributed by atoms with Gasteiger partial charge in [0.1, 0.15) is 0 Å². The van der Waals surface area contributed by atoms with E-state index in [4.69, 9.17) is 0 Å². The number of hydrogen-bond donors (Lipinski definition) is 0. The van der Waals surface area contributed by atoms with Crippen LogP contribution in [0.4, 0.5) is 0 Å². The first-order valence-corrected chi connectivity index (χ1v) is 5.73. The zero-order chi connectivity index (χ0) is 7.49. The summed E-state index contributed by atoms with van der Waals surface area (Å²) in [6, 6.07) is 0. The molecule has 0 aliphatic rings. The molecule has 56 valence electrons. The van der Waals surface area contributed by atoms with Crippen molar-refractivity contribution in [2.24, 2.45) is 5.10 Å². The molecule has 9 heavy (non-hydrogen) atoms. The summed E-state index contributed by atoms with van der Waals surface area (Å²) >= 11 is -0.106. The molecule has 0 aliphatic carbocycles. The quantitative estimate of drug-likeness (QED) is 0.186. The Morgan fingerprint density at radius 1 is 1.67 bits per heavy atom. The summed E-state index contributed by atoms with van der Waals surface area (Å²) < 4.78 is -0.291. The predicted octanol–water partition coefficient (Wildman–Crippen LogP) is -2.14. The molecule has 0 rings (SSSR count). The van der Waals surface area contributed by atoms with Crippen molar-refractivity contribution < 1.29 is 21.2 Å². The topological polar surface area (TPSA) is 38.7 Å². The first-order valence-electron chi connectivity index (χ1n) is 2.49. The van der Waals surface area contributed by atoms with E-state index in [2.05, 4.69) is 16.7 Å². The molecule has 0 spiro atoms. The van der Waals surface area contributed by atoms with Crippen LogP contribution in [-0.2, 0) is 0 Å². The van der Waals surface area contributed by atoms with Crippen LogP contribution in [0.25, 0.3) is 0 Å². The fourth-order valence-electron chi connectivity index (χ4n) is 0.240. The molecule has 0 heterocycles. The molecule has 0 atom stereocenters. The number of rotatable bonds is 3. The van der Waals surface area contributed by atoms with Crippen molar-refractivity contribution in [3.8, 4) is 0 Å². The Bertz CT molecular complexity index is 105. The van der Waals surface area contributed by atoms with Crippen LogP contribution in [0.5, 0.6) is 0 Å². The van der Waals surface area contributed by atoms with E-state index in [0.717, 1.165) is 0 Å². The summed E-state index contributed by atoms with van der Waals surface area (Å²) in [5.74, 6) is 0. The second-order valence-electron chi connectivity index (χ2n) is 2.01. The molecule has 0 unspecified atom stereocenters. The van der Waals surface area contributed by atoms with Gasteiger partial charge in [0.2, 0.25) is 0 Å². The average molecular weight is 242 g/mol.